The van der Waals surface area contributed by atoms with Crippen LogP contribution < -0.4 is 26.6 Å². The Kier molecular flexibility index (Phi) is 15.8. The van der Waals surface area contributed by atoms with Crippen LogP contribution in [-0.2, 0) is 33.4 Å². The molecule has 1 aliphatic heterocycles. The van der Waals surface area contributed by atoms with Crippen LogP contribution in [0.2, 0.25) is 0 Å². The predicted octanol–water partition coefficient (Wildman–Crippen LogP) is 0.508. The third kappa shape index (κ3) is 13.3. The van der Waals surface area contributed by atoms with Gasteiger partial charge in [-0.2, -0.15) is 0 Å². The van der Waals surface area contributed by atoms with Crippen molar-refractivity contribution in [3.05, 3.63) is 12.2 Å². The highest BCUT2D eigenvalue weighted by molar-refractivity contribution is 5.91. The number of amides is 5. The zero-order valence-electron chi connectivity index (χ0n) is 23.9. The van der Waals surface area contributed by atoms with E-state index in [9.17, 15) is 28.8 Å². The maximum Gasteiger partial charge on any atom is 0.407 e. The van der Waals surface area contributed by atoms with E-state index in [1.54, 1.807) is 6.92 Å². The molecule has 5 N–H and O–H groups in total. The van der Waals surface area contributed by atoms with Crippen LogP contribution in [0.5, 0.6) is 0 Å². The highest BCUT2D eigenvalue weighted by Crippen LogP contribution is 2.17. The number of nitrogens with one attached hydrogen (secondary N) is 5. The molecule has 5 amide bonds. The summed E-state index contributed by atoms with van der Waals surface area (Å²) >= 11 is 0. The van der Waals surface area contributed by atoms with Gasteiger partial charge in [-0.05, 0) is 44.9 Å². The number of hydrogen-bond donors (Lipinski definition) is 5. The summed E-state index contributed by atoms with van der Waals surface area (Å²) in [6.07, 6.45) is 2.82. The number of ether oxygens (including phenoxy) is 3. The van der Waals surface area contributed by atoms with Gasteiger partial charge in [-0.1, -0.05) is 19.9 Å². The highest BCUT2D eigenvalue weighted by atomic mass is 16.5. The number of carbonyl (C=O) groups excluding carboxylic acids is 6. The molecule has 4 atom stereocenters. The summed E-state index contributed by atoms with van der Waals surface area (Å²) in [6, 6.07) is -2.69. The molecule has 226 valence electrons. The van der Waals surface area contributed by atoms with Gasteiger partial charge < -0.3 is 40.8 Å². The van der Waals surface area contributed by atoms with Crippen LogP contribution >= 0.6 is 0 Å². The Balaban J connectivity index is 3.01. The zero-order chi connectivity index (χ0) is 30.1. The molecule has 0 unspecified atom stereocenters. The normalized spacial score (nSPS) is 16.9. The molecule has 0 aromatic carbocycles. The van der Waals surface area contributed by atoms with E-state index in [0.717, 1.165) is 7.11 Å². The lowest BCUT2D eigenvalue weighted by Gasteiger charge is -2.26. The topological polar surface area (TPSA) is 190 Å². The van der Waals surface area contributed by atoms with Gasteiger partial charge in [-0.15, -0.1) is 0 Å². The van der Waals surface area contributed by atoms with Crippen LogP contribution in [0.15, 0.2) is 12.2 Å². The summed E-state index contributed by atoms with van der Waals surface area (Å²) in [7, 11) is 2.39. The second kappa shape index (κ2) is 18.4. The van der Waals surface area contributed by atoms with E-state index in [-0.39, 0.29) is 50.2 Å². The molecule has 0 aromatic rings. The molecule has 14 heteroatoms. The summed E-state index contributed by atoms with van der Waals surface area (Å²) in [4.78, 5) is 73.7. The Hall–Kier alpha value is -3.84. The smallest absolute Gasteiger partial charge is 0.407 e. The monoisotopic (exact) mass is 569 g/mol. The summed E-state index contributed by atoms with van der Waals surface area (Å²) in [5.74, 6) is -2.16. The molecule has 0 saturated carbocycles. The van der Waals surface area contributed by atoms with Crippen LogP contribution in [0.1, 0.15) is 52.9 Å². The first kappa shape index (κ1) is 34.2. The van der Waals surface area contributed by atoms with Gasteiger partial charge in [0.1, 0.15) is 12.1 Å². The lowest BCUT2D eigenvalue weighted by molar-refractivity contribution is -0.137. The second-order valence-corrected chi connectivity index (χ2v) is 9.68. The molecule has 1 rings (SSSR count). The zero-order valence-corrected chi connectivity index (χ0v) is 23.9. The van der Waals surface area contributed by atoms with Gasteiger partial charge in [0.15, 0.2) is 0 Å². The van der Waals surface area contributed by atoms with Gasteiger partial charge in [-0.25, -0.2) is 14.4 Å². The minimum atomic E-state index is -1.05. The Labute approximate surface area is 234 Å². The van der Waals surface area contributed by atoms with E-state index in [1.165, 1.54) is 19.3 Å². The van der Waals surface area contributed by atoms with Crippen molar-refractivity contribution in [1.82, 2.24) is 26.6 Å². The number of alkyl carbamates (subject to hydrolysis) is 2. The quantitative estimate of drug-likeness (QED) is 0.0763. The molecule has 1 saturated heterocycles. The number of carbonyl (C=O) groups is 6. The van der Waals surface area contributed by atoms with Gasteiger partial charge >= 0.3 is 18.2 Å². The highest BCUT2D eigenvalue weighted by Gasteiger charge is 2.31. The van der Waals surface area contributed by atoms with Crippen molar-refractivity contribution in [2.45, 2.75) is 71.0 Å². The molecule has 40 heavy (non-hydrogen) atoms. The third-order valence-electron chi connectivity index (χ3n) is 6.04. The molecule has 0 aromatic heterocycles. The Bertz CT molecular complexity index is 909. The second-order valence-electron chi connectivity index (χ2n) is 9.68. The molecular formula is C26H43N5O9. The first-order valence-corrected chi connectivity index (χ1v) is 13.4. The molecule has 0 radical (unpaired) electrons. The summed E-state index contributed by atoms with van der Waals surface area (Å²) in [6.45, 7) is 6.35. The van der Waals surface area contributed by atoms with Crippen LogP contribution in [0.25, 0.3) is 0 Å². The number of hydrogen-bond acceptors (Lipinski definition) is 9. The van der Waals surface area contributed by atoms with Gasteiger partial charge in [-0.3, -0.25) is 14.4 Å². The lowest BCUT2D eigenvalue weighted by atomic mass is 9.96. The van der Waals surface area contributed by atoms with Crippen molar-refractivity contribution in [2.24, 2.45) is 11.8 Å². The maximum atomic E-state index is 13.4. The van der Waals surface area contributed by atoms with E-state index in [0.29, 0.717) is 19.4 Å². The number of rotatable bonds is 16. The van der Waals surface area contributed by atoms with Gasteiger partial charge in [0.05, 0.1) is 20.8 Å². The van der Waals surface area contributed by atoms with Crippen LogP contribution in [0, 0.1) is 11.8 Å². The van der Waals surface area contributed by atoms with Gasteiger partial charge in [0.25, 0.3) is 0 Å². The molecular weight excluding hydrogens is 526 g/mol. The third-order valence-corrected chi connectivity index (χ3v) is 6.04. The Morgan fingerprint density at radius 2 is 1.68 bits per heavy atom. The van der Waals surface area contributed by atoms with Crippen LogP contribution in [0.4, 0.5) is 9.59 Å². The lowest BCUT2D eigenvalue weighted by Crippen LogP contribution is -2.55. The molecule has 14 nitrogen and oxygen atoms in total. The maximum absolute atomic E-state index is 13.4. The predicted molar refractivity (Wildman–Crippen MR) is 144 cm³/mol. The fourth-order valence-corrected chi connectivity index (χ4v) is 4.04. The van der Waals surface area contributed by atoms with Gasteiger partial charge in [0.2, 0.25) is 17.7 Å². The van der Waals surface area contributed by atoms with Crippen LogP contribution in [-0.4, -0.2) is 87.9 Å². The van der Waals surface area contributed by atoms with E-state index >= 15 is 0 Å². The van der Waals surface area contributed by atoms with E-state index in [1.807, 2.05) is 13.8 Å². The number of esters is 1. The molecule has 1 fully saturated rings. The average molecular weight is 570 g/mol. The fraction of sp³-hybridized carbons (Fsp3) is 0.692. The minimum Gasteiger partial charge on any atom is -0.463 e. The summed E-state index contributed by atoms with van der Waals surface area (Å²) in [5.41, 5.74) is 0. The van der Waals surface area contributed by atoms with E-state index < -0.39 is 48.1 Å². The van der Waals surface area contributed by atoms with Crippen molar-refractivity contribution in [3.8, 4) is 0 Å². The Morgan fingerprint density at radius 3 is 2.25 bits per heavy atom. The van der Waals surface area contributed by atoms with Gasteiger partial charge in [0, 0.05) is 31.1 Å². The van der Waals surface area contributed by atoms with Crippen molar-refractivity contribution in [1.29, 1.82) is 0 Å². The molecule has 0 aliphatic carbocycles. The SMILES string of the molecule is CCOC(=O)/C=C/[C@H](C[C@@H]1CCNC1=O)NC(=O)[C@H](CC(C)C)NC(=O)[C@H](CCCNC(=O)OC)NC(=O)OC. The first-order valence-electron chi connectivity index (χ1n) is 13.4. The van der Waals surface area contributed by atoms with Crippen molar-refractivity contribution >= 4 is 35.9 Å². The molecule has 1 aliphatic rings. The molecule has 1 heterocycles. The Morgan fingerprint density at radius 1 is 1.00 bits per heavy atom. The van der Waals surface area contributed by atoms with Crippen molar-refractivity contribution in [3.63, 3.8) is 0 Å². The summed E-state index contributed by atoms with van der Waals surface area (Å²) < 4.78 is 14.0. The minimum absolute atomic E-state index is 0.0152. The van der Waals surface area contributed by atoms with E-state index in [4.69, 9.17) is 4.74 Å². The summed E-state index contributed by atoms with van der Waals surface area (Å²) in [5, 5.41) is 13.2. The number of methoxy groups -OCH3 is 2. The molecule has 0 bridgehead atoms. The van der Waals surface area contributed by atoms with Crippen LogP contribution in [0.3, 0.4) is 0 Å². The standard InChI is InChI=1S/C26H43N5O9/c1-6-40-21(32)10-9-18(15-17-11-13-27-22(17)33)29-24(35)20(14-16(2)3)30-23(34)19(31-26(37)39-5)8-7-12-28-25(36)38-4/h9-10,16-20H,6-8,11-15H2,1-5H3,(H,27,33)(H,28,36)(H,29,35)(H,30,34)(H,31,37)/b10-9+/t17-,18+,19-,20-/m0/s1. The van der Waals surface area contributed by atoms with Crippen molar-refractivity contribution in [2.75, 3.05) is 33.9 Å². The van der Waals surface area contributed by atoms with Crippen molar-refractivity contribution < 1.29 is 43.0 Å². The average Bonchev–Trinajstić information content (AvgIpc) is 3.31. The van der Waals surface area contributed by atoms with E-state index in [2.05, 4.69) is 36.1 Å². The fourth-order valence-electron chi connectivity index (χ4n) is 4.04. The largest absolute Gasteiger partial charge is 0.463 e. The molecule has 0 spiro atoms. The first-order chi connectivity index (χ1) is 19.0.